The van der Waals surface area contributed by atoms with Crippen LogP contribution in [0, 0.1) is 0 Å². The first kappa shape index (κ1) is 34.1. The molecular formula is C33H39Cl2NO7S. The number of methoxy groups -OCH3 is 2. The maximum absolute atomic E-state index is 14.3. The Morgan fingerprint density at radius 3 is 2.41 bits per heavy atom. The third-order valence-electron chi connectivity index (χ3n) is 7.15. The first-order valence-corrected chi connectivity index (χ1v) is 16.0. The van der Waals surface area contributed by atoms with Gasteiger partial charge in [0, 0.05) is 9.90 Å². The lowest BCUT2D eigenvalue weighted by Gasteiger charge is -2.47. The molecule has 44 heavy (non-hydrogen) atoms. The molecule has 8 nitrogen and oxygen atoms in total. The number of morpholine rings is 1. The highest BCUT2D eigenvalue weighted by Gasteiger charge is 2.48. The molecule has 4 rings (SSSR count). The van der Waals surface area contributed by atoms with Crippen LogP contribution < -0.4 is 9.47 Å². The minimum Gasteiger partial charge on any atom is -0.493 e. The van der Waals surface area contributed by atoms with Crippen molar-refractivity contribution >= 4 is 46.4 Å². The first-order chi connectivity index (χ1) is 20.9. The van der Waals surface area contributed by atoms with Crippen LogP contribution in [0.3, 0.4) is 0 Å². The molecule has 1 aliphatic heterocycles. The molecule has 1 fully saturated rings. The Labute approximate surface area is 273 Å². The van der Waals surface area contributed by atoms with E-state index < -0.39 is 29.8 Å². The second-order valence-corrected chi connectivity index (χ2v) is 13.7. The minimum absolute atomic E-state index is 0.232. The van der Waals surface area contributed by atoms with Gasteiger partial charge >= 0.3 is 5.97 Å². The molecule has 2 heterocycles. The van der Waals surface area contributed by atoms with Crippen molar-refractivity contribution in [1.29, 1.82) is 0 Å². The van der Waals surface area contributed by atoms with Gasteiger partial charge in [-0.3, -0.25) is 9.59 Å². The van der Waals surface area contributed by atoms with E-state index in [-0.39, 0.29) is 25.0 Å². The molecule has 11 heteroatoms. The predicted octanol–water partition coefficient (Wildman–Crippen LogP) is 7.81. The fourth-order valence-corrected chi connectivity index (χ4v) is 6.62. The first-order valence-electron chi connectivity index (χ1n) is 14.4. The van der Waals surface area contributed by atoms with Gasteiger partial charge in [0.2, 0.25) is 0 Å². The van der Waals surface area contributed by atoms with Gasteiger partial charge in [0.25, 0.3) is 5.91 Å². The van der Waals surface area contributed by atoms with E-state index in [1.807, 2.05) is 49.4 Å². The van der Waals surface area contributed by atoms with E-state index in [1.165, 1.54) is 11.3 Å². The molecule has 3 aromatic rings. The van der Waals surface area contributed by atoms with Crippen molar-refractivity contribution in [2.45, 2.75) is 77.0 Å². The average Bonchev–Trinajstić information content (AvgIpc) is 3.41. The number of benzene rings is 2. The van der Waals surface area contributed by atoms with Gasteiger partial charge < -0.3 is 28.6 Å². The van der Waals surface area contributed by atoms with E-state index in [1.54, 1.807) is 52.0 Å². The summed E-state index contributed by atoms with van der Waals surface area (Å²) >= 11 is 14.2. The van der Waals surface area contributed by atoms with Gasteiger partial charge in [0.05, 0.1) is 50.3 Å². The van der Waals surface area contributed by atoms with Gasteiger partial charge in [-0.1, -0.05) is 48.3 Å². The number of thiophene rings is 1. The molecule has 1 aliphatic rings. The fraction of sp³-hybridized carbons (Fsp3) is 0.455. The summed E-state index contributed by atoms with van der Waals surface area (Å²) < 4.78 is 29.6. The number of hydrogen-bond donors (Lipinski definition) is 0. The molecule has 0 aliphatic carbocycles. The number of carbonyl (C=O) groups excluding carboxylic acids is 2. The Kier molecular flexibility index (Phi) is 11.6. The van der Waals surface area contributed by atoms with Crippen molar-refractivity contribution in [2.24, 2.45) is 0 Å². The molecule has 0 N–H and O–H groups in total. The molecule has 0 bridgehead atoms. The van der Waals surface area contributed by atoms with E-state index >= 15 is 0 Å². The zero-order valence-corrected chi connectivity index (χ0v) is 28.1. The molecule has 238 valence electrons. The molecule has 1 amide bonds. The Bertz CT molecular complexity index is 1440. The van der Waals surface area contributed by atoms with E-state index in [4.69, 9.17) is 46.9 Å². The maximum Gasteiger partial charge on any atom is 0.309 e. The van der Waals surface area contributed by atoms with Gasteiger partial charge in [-0.15, -0.1) is 11.3 Å². The fourth-order valence-electron chi connectivity index (χ4n) is 5.23. The van der Waals surface area contributed by atoms with Crippen molar-refractivity contribution < 1.29 is 33.3 Å². The number of carbonyl (C=O) groups is 2. The molecular weight excluding hydrogens is 625 g/mol. The summed E-state index contributed by atoms with van der Waals surface area (Å²) in [5, 5.41) is 0.534. The van der Waals surface area contributed by atoms with E-state index in [0.717, 1.165) is 16.0 Å². The topological polar surface area (TPSA) is 83.5 Å². The highest BCUT2D eigenvalue weighted by molar-refractivity contribution is 7.16. The zero-order chi connectivity index (χ0) is 32.0. The van der Waals surface area contributed by atoms with Crippen molar-refractivity contribution in [3.8, 4) is 11.5 Å². The van der Waals surface area contributed by atoms with Crippen LogP contribution in [-0.2, 0) is 30.4 Å². The van der Waals surface area contributed by atoms with Crippen LogP contribution in [0.1, 0.15) is 68.7 Å². The summed E-state index contributed by atoms with van der Waals surface area (Å²) in [6.07, 6.45) is -1.34. The number of hydrogen-bond acceptors (Lipinski definition) is 8. The number of nitrogens with zero attached hydrogens (tertiary/aromatic N) is 1. The molecule has 1 saturated heterocycles. The summed E-state index contributed by atoms with van der Waals surface area (Å²) in [7, 11) is 3.17. The lowest BCUT2D eigenvalue weighted by Crippen LogP contribution is -2.56. The monoisotopic (exact) mass is 663 g/mol. The second kappa shape index (κ2) is 15.0. The molecule has 0 saturated carbocycles. The second-order valence-electron chi connectivity index (χ2n) is 11.5. The highest BCUT2D eigenvalue weighted by atomic mass is 35.5. The van der Waals surface area contributed by atoms with Crippen LogP contribution in [0.4, 0.5) is 0 Å². The number of esters is 1. The van der Waals surface area contributed by atoms with Gasteiger partial charge in [-0.25, -0.2) is 0 Å². The third kappa shape index (κ3) is 8.46. The van der Waals surface area contributed by atoms with E-state index in [9.17, 15) is 9.59 Å². The van der Waals surface area contributed by atoms with E-state index in [2.05, 4.69) is 0 Å². The summed E-state index contributed by atoms with van der Waals surface area (Å²) in [6, 6.07) is 15.8. The number of amides is 1. The summed E-state index contributed by atoms with van der Waals surface area (Å²) in [5.74, 6) is 0.399. The van der Waals surface area contributed by atoms with Gasteiger partial charge in [-0.05, 0) is 74.7 Å². The summed E-state index contributed by atoms with van der Waals surface area (Å²) in [4.78, 5) is 29.9. The minimum atomic E-state index is -1.07. The Morgan fingerprint density at radius 1 is 1.05 bits per heavy atom. The van der Waals surface area contributed by atoms with Crippen LogP contribution in [-0.4, -0.2) is 55.3 Å². The third-order valence-corrected chi connectivity index (χ3v) is 8.69. The lowest BCUT2D eigenvalue weighted by molar-refractivity contribution is -0.188. The standard InChI is InChI=1S/C33H39Cl2NO7S/c1-7-23(19-41-18-20-11-12-24(39-5)25(15-20)40-6)36-30(27-13-14-28(35)44-27)31(21-9-8-10-22(34)16-21)42-26(32(36)38)17-29(37)43-33(2,3)4/h8-16,23,26,30-31H,7,17-19H2,1-6H3/t23?,26-,30-,31-/m1/s1. The molecule has 1 aromatic heterocycles. The van der Waals surface area contributed by atoms with Crippen molar-refractivity contribution in [3.05, 3.63) is 80.0 Å². The predicted molar refractivity (Wildman–Crippen MR) is 172 cm³/mol. The van der Waals surface area contributed by atoms with E-state index in [0.29, 0.717) is 33.9 Å². The van der Waals surface area contributed by atoms with Gasteiger partial charge in [-0.2, -0.15) is 0 Å². The van der Waals surface area contributed by atoms with Crippen LogP contribution in [0.2, 0.25) is 9.36 Å². The van der Waals surface area contributed by atoms with Gasteiger partial charge in [0.1, 0.15) is 17.8 Å². The van der Waals surface area contributed by atoms with Crippen molar-refractivity contribution in [2.75, 3.05) is 20.8 Å². The van der Waals surface area contributed by atoms with Crippen LogP contribution >= 0.6 is 34.5 Å². The SMILES string of the molecule is CCC(COCc1ccc(OC)c(OC)c1)N1C(=O)[C@@H](CC(=O)OC(C)(C)C)O[C@H](c2cccc(Cl)c2)[C@H]1c1ccc(Cl)s1. The Morgan fingerprint density at radius 2 is 1.80 bits per heavy atom. The number of ether oxygens (including phenoxy) is 5. The number of rotatable bonds is 12. The Balaban J connectivity index is 1.68. The quantitative estimate of drug-likeness (QED) is 0.183. The van der Waals surface area contributed by atoms with Crippen molar-refractivity contribution in [3.63, 3.8) is 0 Å². The Hall–Kier alpha value is -2.82. The molecule has 0 radical (unpaired) electrons. The maximum atomic E-state index is 14.3. The normalized spacial score (nSPS) is 19.5. The van der Waals surface area contributed by atoms with Crippen molar-refractivity contribution in [1.82, 2.24) is 4.90 Å². The number of halogens is 2. The smallest absolute Gasteiger partial charge is 0.309 e. The van der Waals surface area contributed by atoms with Crippen LogP contribution in [0.5, 0.6) is 11.5 Å². The molecule has 4 atom stereocenters. The summed E-state index contributed by atoms with van der Waals surface area (Å²) in [6.45, 7) is 7.90. The lowest BCUT2D eigenvalue weighted by atomic mass is 9.93. The summed E-state index contributed by atoms with van der Waals surface area (Å²) in [5.41, 5.74) is 0.966. The highest BCUT2D eigenvalue weighted by Crippen LogP contribution is 2.47. The largest absolute Gasteiger partial charge is 0.493 e. The van der Waals surface area contributed by atoms with Gasteiger partial charge in [0.15, 0.2) is 11.5 Å². The zero-order valence-electron chi connectivity index (χ0n) is 25.8. The molecule has 1 unspecified atom stereocenters. The molecule has 2 aromatic carbocycles. The van der Waals surface area contributed by atoms with Crippen LogP contribution in [0.25, 0.3) is 0 Å². The van der Waals surface area contributed by atoms with Crippen LogP contribution in [0.15, 0.2) is 54.6 Å². The molecule has 0 spiro atoms. The average molecular weight is 665 g/mol.